The summed E-state index contributed by atoms with van der Waals surface area (Å²) in [6, 6.07) is 0. The van der Waals surface area contributed by atoms with E-state index in [0.29, 0.717) is 24.9 Å². The summed E-state index contributed by atoms with van der Waals surface area (Å²) in [5, 5.41) is 12.8. The standard InChI is InChI=1S/C12H16N2O4/c1-8-6-13-18-9(8)10(15)14-5-3-4-12(2,7-14)11(16)17/h6H,3-5,7H2,1-2H3,(H,16,17). The highest BCUT2D eigenvalue weighted by atomic mass is 16.5. The fraction of sp³-hybridized carbons (Fsp3) is 0.583. The van der Waals surface area contributed by atoms with Crippen molar-refractivity contribution in [3.63, 3.8) is 0 Å². The second-order valence-corrected chi connectivity index (χ2v) is 5.03. The van der Waals surface area contributed by atoms with E-state index in [1.807, 2.05) is 0 Å². The Morgan fingerprint density at radius 3 is 2.83 bits per heavy atom. The number of aryl methyl sites for hydroxylation is 1. The van der Waals surface area contributed by atoms with Gasteiger partial charge in [0.25, 0.3) is 5.91 Å². The Balaban J connectivity index is 2.17. The van der Waals surface area contributed by atoms with Crippen molar-refractivity contribution in [1.29, 1.82) is 0 Å². The molecule has 1 aromatic rings. The number of aliphatic carboxylic acids is 1. The number of carboxylic acids is 1. The smallest absolute Gasteiger partial charge is 0.311 e. The van der Waals surface area contributed by atoms with Gasteiger partial charge in [0.15, 0.2) is 0 Å². The van der Waals surface area contributed by atoms with Gasteiger partial charge < -0.3 is 14.5 Å². The second-order valence-electron chi connectivity index (χ2n) is 5.03. The molecule has 1 aliphatic rings. The number of aromatic nitrogens is 1. The normalized spacial score (nSPS) is 24.0. The summed E-state index contributed by atoms with van der Waals surface area (Å²) in [7, 11) is 0. The highest BCUT2D eigenvalue weighted by Crippen LogP contribution is 2.30. The minimum Gasteiger partial charge on any atom is -0.481 e. The van der Waals surface area contributed by atoms with Crippen LogP contribution in [0.5, 0.6) is 0 Å². The van der Waals surface area contributed by atoms with Crippen molar-refractivity contribution in [2.24, 2.45) is 5.41 Å². The van der Waals surface area contributed by atoms with Gasteiger partial charge in [-0.15, -0.1) is 0 Å². The first kappa shape index (κ1) is 12.6. The van der Waals surface area contributed by atoms with E-state index in [9.17, 15) is 14.7 Å². The molecule has 0 bridgehead atoms. The fourth-order valence-corrected chi connectivity index (χ4v) is 2.23. The highest BCUT2D eigenvalue weighted by molar-refractivity contribution is 5.93. The van der Waals surface area contributed by atoms with Crippen LogP contribution in [0.15, 0.2) is 10.7 Å². The lowest BCUT2D eigenvalue weighted by atomic mass is 9.82. The van der Waals surface area contributed by atoms with Crippen molar-refractivity contribution in [1.82, 2.24) is 10.1 Å². The van der Waals surface area contributed by atoms with Crippen molar-refractivity contribution in [3.8, 4) is 0 Å². The molecule has 0 saturated carbocycles. The first-order valence-corrected chi connectivity index (χ1v) is 5.88. The quantitative estimate of drug-likeness (QED) is 0.857. The summed E-state index contributed by atoms with van der Waals surface area (Å²) in [5.41, 5.74) is -0.204. The maximum absolute atomic E-state index is 12.2. The van der Waals surface area contributed by atoms with Crippen LogP contribution in [0.3, 0.4) is 0 Å². The molecule has 1 N–H and O–H groups in total. The summed E-state index contributed by atoms with van der Waals surface area (Å²) < 4.78 is 4.92. The van der Waals surface area contributed by atoms with Gasteiger partial charge in [-0.05, 0) is 26.7 Å². The minimum atomic E-state index is -0.873. The van der Waals surface area contributed by atoms with Gasteiger partial charge in [-0.1, -0.05) is 5.16 Å². The zero-order chi connectivity index (χ0) is 13.3. The largest absolute Gasteiger partial charge is 0.481 e. The van der Waals surface area contributed by atoms with E-state index < -0.39 is 11.4 Å². The summed E-state index contributed by atoms with van der Waals surface area (Å²) >= 11 is 0. The third-order valence-electron chi connectivity index (χ3n) is 3.44. The molecular weight excluding hydrogens is 236 g/mol. The van der Waals surface area contributed by atoms with E-state index >= 15 is 0 Å². The fourth-order valence-electron chi connectivity index (χ4n) is 2.23. The third kappa shape index (κ3) is 2.10. The zero-order valence-electron chi connectivity index (χ0n) is 10.5. The van der Waals surface area contributed by atoms with Crippen LogP contribution >= 0.6 is 0 Å². The van der Waals surface area contributed by atoms with Crippen LogP contribution in [-0.2, 0) is 4.79 Å². The Hall–Kier alpha value is -1.85. The molecule has 1 saturated heterocycles. The molecule has 1 unspecified atom stereocenters. The van der Waals surface area contributed by atoms with Crippen LogP contribution in [0, 0.1) is 12.3 Å². The SMILES string of the molecule is Cc1cnoc1C(=O)N1CCCC(C)(C(=O)O)C1. The van der Waals surface area contributed by atoms with Gasteiger partial charge in [0.2, 0.25) is 5.76 Å². The van der Waals surface area contributed by atoms with Crippen molar-refractivity contribution < 1.29 is 19.2 Å². The molecule has 1 aromatic heterocycles. The average molecular weight is 252 g/mol. The zero-order valence-corrected chi connectivity index (χ0v) is 10.5. The lowest BCUT2D eigenvalue weighted by Crippen LogP contribution is -2.48. The van der Waals surface area contributed by atoms with E-state index in [2.05, 4.69) is 5.16 Å². The molecule has 18 heavy (non-hydrogen) atoms. The molecule has 1 aliphatic heterocycles. The van der Waals surface area contributed by atoms with E-state index in [0.717, 1.165) is 0 Å². The number of carboxylic acid groups (broad SMARTS) is 1. The first-order chi connectivity index (χ1) is 8.44. The molecule has 98 valence electrons. The summed E-state index contributed by atoms with van der Waals surface area (Å²) in [6.07, 6.45) is 2.75. The predicted octanol–water partition coefficient (Wildman–Crippen LogP) is 1.31. The lowest BCUT2D eigenvalue weighted by Gasteiger charge is -2.37. The average Bonchev–Trinajstić information content (AvgIpc) is 2.74. The number of rotatable bonds is 2. The van der Waals surface area contributed by atoms with Crippen LogP contribution in [0.2, 0.25) is 0 Å². The van der Waals surface area contributed by atoms with Crippen LogP contribution in [0.1, 0.15) is 35.9 Å². The van der Waals surface area contributed by atoms with Gasteiger partial charge in [0.1, 0.15) is 0 Å². The monoisotopic (exact) mass is 252 g/mol. The highest BCUT2D eigenvalue weighted by Gasteiger charge is 2.40. The number of likely N-dealkylation sites (tertiary alicyclic amines) is 1. The number of hydrogen-bond donors (Lipinski definition) is 1. The molecule has 2 rings (SSSR count). The summed E-state index contributed by atoms with van der Waals surface area (Å²) in [4.78, 5) is 24.9. The van der Waals surface area contributed by atoms with Gasteiger partial charge >= 0.3 is 5.97 Å². The Morgan fingerprint density at radius 1 is 1.56 bits per heavy atom. The van der Waals surface area contributed by atoms with E-state index in [1.54, 1.807) is 13.8 Å². The predicted molar refractivity (Wildman–Crippen MR) is 62.1 cm³/mol. The molecule has 1 atom stereocenters. The summed E-state index contributed by atoms with van der Waals surface area (Å²) in [5.74, 6) is -0.948. The third-order valence-corrected chi connectivity index (χ3v) is 3.44. The summed E-state index contributed by atoms with van der Waals surface area (Å²) in [6.45, 7) is 4.18. The van der Waals surface area contributed by atoms with Gasteiger partial charge in [-0.3, -0.25) is 9.59 Å². The number of hydrogen-bond acceptors (Lipinski definition) is 4. The molecule has 6 heteroatoms. The van der Waals surface area contributed by atoms with Gasteiger partial charge in [-0.2, -0.15) is 0 Å². The Labute approximate surface area is 105 Å². The van der Waals surface area contributed by atoms with Crippen LogP contribution < -0.4 is 0 Å². The van der Waals surface area contributed by atoms with E-state index in [-0.39, 0.29) is 18.2 Å². The topological polar surface area (TPSA) is 83.6 Å². The Morgan fingerprint density at radius 2 is 2.28 bits per heavy atom. The van der Waals surface area contributed by atoms with E-state index in [4.69, 9.17) is 4.52 Å². The molecule has 0 radical (unpaired) electrons. The van der Waals surface area contributed by atoms with Crippen molar-refractivity contribution in [2.75, 3.05) is 13.1 Å². The van der Waals surface area contributed by atoms with Crippen molar-refractivity contribution in [2.45, 2.75) is 26.7 Å². The minimum absolute atomic E-state index is 0.199. The maximum atomic E-state index is 12.2. The van der Waals surface area contributed by atoms with Crippen molar-refractivity contribution in [3.05, 3.63) is 17.5 Å². The van der Waals surface area contributed by atoms with Crippen molar-refractivity contribution >= 4 is 11.9 Å². The second kappa shape index (κ2) is 4.44. The number of nitrogens with zero attached hydrogens (tertiary/aromatic N) is 2. The molecule has 0 aliphatic carbocycles. The van der Waals surface area contributed by atoms with E-state index in [1.165, 1.54) is 11.1 Å². The lowest BCUT2D eigenvalue weighted by molar-refractivity contribution is -0.150. The maximum Gasteiger partial charge on any atom is 0.311 e. The molecule has 1 fully saturated rings. The van der Waals surface area contributed by atoms with Crippen LogP contribution in [0.25, 0.3) is 0 Å². The molecule has 0 aromatic carbocycles. The number of amides is 1. The van der Waals surface area contributed by atoms with Gasteiger partial charge in [0, 0.05) is 18.7 Å². The number of carbonyl (C=O) groups is 2. The number of piperidine rings is 1. The Kier molecular flexibility index (Phi) is 3.11. The molecule has 6 nitrogen and oxygen atoms in total. The molecular formula is C12H16N2O4. The molecule has 2 heterocycles. The van der Waals surface area contributed by atoms with Crippen LogP contribution in [0.4, 0.5) is 0 Å². The van der Waals surface area contributed by atoms with Crippen LogP contribution in [-0.4, -0.2) is 40.1 Å². The van der Waals surface area contributed by atoms with Gasteiger partial charge in [0.05, 0.1) is 11.6 Å². The Bertz CT molecular complexity index is 482. The number of carbonyl (C=O) groups excluding carboxylic acids is 1. The van der Waals surface area contributed by atoms with Gasteiger partial charge in [-0.25, -0.2) is 0 Å². The molecule has 0 spiro atoms. The first-order valence-electron chi connectivity index (χ1n) is 5.88. The molecule has 1 amide bonds.